The molecule has 0 aromatic heterocycles. The van der Waals surface area contributed by atoms with Gasteiger partial charge in [0.15, 0.2) is 0 Å². The molecule has 0 radical (unpaired) electrons. The van der Waals surface area contributed by atoms with Gasteiger partial charge >= 0.3 is 5.97 Å². The van der Waals surface area contributed by atoms with Crippen LogP contribution in [0.25, 0.3) is 0 Å². The van der Waals surface area contributed by atoms with Gasteiger partial charge in [-0.1, -0.05) is 17.7 Å². The molecule has 0 bridgehead atoms. The lowest BCUT2D eigenvalue weighted by atomic mass is 10.1. The van der Waals surface area contributed by atoms with Gasteiger partial charge in [-0.2, -0.15) is 0 Å². The van der Waals surface area contributed by atoms with Gasteiger partial charge in [-0.05, 0) is 42.8 Å². The number of amides is 1. The minimum Gasteiger partial charge on any atom is -0.478 e. The number of benzene rings is 2. The first-order chi connectivity index (χ1) is 9.88. The van der Waals surface area contributed by atoms with Crippen LogP contribution < -0.4 is 5.32 Å². The number of nitrogens with one attached hydrogen (secondary N) is 1. The van der Waals surface area contributed by atoms with Crippen molar-refractivity contribution in [1.29, 1.82) is 0 Å². The molecule has 108 valence electrons. The lowest BCUT2D eigenvalue weighted by molar-refractivity contribution is 0.0696. The van der Waals surface area contributed by atoms with Crippen LogP contribution in [-0.4, -0.2) is 17.0 Å². The van der Waals surface area contributed by atoms with Gasteiger partial charge in [-0.3, -0.25) is 4.79 Å². The molecule has 0 saturated heterocycles. The summed E-state index contributed by atoms with van der Waals surface area (Å²) < 4.78 is 13.1. The molecule has 0 unspecified atom stereocenters. The number of carbonyl (C=O) groups excluding carboxylic acids is 1. The highest BCUT2D eigenvalue weighted by Crippen LogP contribution is 2.20. The third-order valence-electron chi connectivity index (χ3n) is 2.91. The third kappa shape index (κ3) is 3.38. The molecule has 2 aromatic carbocycles. The summed E-state index contributed by atoms with van der Waals surface area (Å²) in [5.74, 6) is -2.20. The smallest absolute Gasteiger partial charge is 0.335 e. The van der Waals surface area contributed by atoms with Crippen molar-refractivity contribution < 1.29 is 19.1 Å². The number of carboxylic acid groups (broad SMARTS) is 1. The second-order valence-electron chi connectivity index (χ2n) is 4.42. The first-order valence-electron chi connectivity index (χ1n) is 5.99. The molecular formula is C15H11ClFNO3. The molecule has 0 aliphatic rings. The van der Waals surface area contributed by atoms with Crippen molar-refractivity contribution in [3.8, 4) is 0 Å². The van der Waals surface area contributed by atoms with E-state index in [0.717, 1.165) is 6.07 Å². The topological polar surface area (TPSA) is 66.4 Å². The number of hydrogen-bond donors (Lipinski definition) is 2. The summed E-state index contributed by atoms with van der Waals surface area (Å²) in [6, 6.07) is 8.01. The molecule has 0 fully saturated rings. The molecule has 2 rings (SSSR count). The Labute approximate surface area is 125 Å². The number of rotatable bonds is 3. The largest absolute Gasteiger partial charge is 0.478 e. The highest BCUT2D eigenvalue weighted by atomic mass is 35.5. The maximum atomic E-state index is 13.1. The summed E-state index contributed by atoms with van der Waals surface area (Å²) in [5, 5.41) is 11.4. The summed E-state index contributed by atoms with van der Waals surface area (Å²) in [6.45, 7) is 1.74. The zero-order chi connectivity index (χ0) is 15.6. The van der Waals surface area contributed by atoms with Crippen LogP contribution in [0.2, 0.25) is 5.02 Å². The molecule has 21 heavy (non-hydrogen) atoms. The molecule has 0 aliphatic carbocycles. The fourth-order valence-electron chi connectivity index (χ4n) is 1.72. The maximum Gasteiger partial charge on any atom is 0.335 e. The average Bonchev–Trinajstić information content (AvgIpc) is 2.43. The second-order valence-corrected chi connectivity index (χ2v) is 4.83. The Morgan fingerprint density at radius 1 is 1.14 bits per heavy atom. The first-order valence-corrected chi connectivity index (χ1v) is 6.36. The predicted molar refractivity (Wildman–Crippen MR) is 77.5 cm³/mol. The highest BCUT2D eigenvalue weighted by Gasteiger charge is 2.12. The molecule has 2 N–H and O–H groups in total. The number of halogens is 2. The van der Waals surface area contributed by atoms with E-state index in [1.165, 1.54) is 24.3 Å². The second kappa shape index (κ2) is 5.93. The van der Waals surface area contributed by atoms with Crippen LogP contribution in [0.3, 0.4) is 0 Å². The fourth-order valence-corrected chi connectivity index (χ4v) is 1.90. The van der Waals surface area contributed by atoms with Crippen LogP contribution >= 0.6 is 11.6 Å². The average molecular weight is 308 g/mol. The number of carboxylic acids is 1. The number of aryl methyl sites for hydroxylation is 1. The molecule has 0 saturated carbocycles. The molecule has 6 heteroatoms. The lowest BCUT2D eigenvalue weighted by Gasteiger charge is -2.09. The van der Waals surface area contributed by atoms with Crippen LogP contribution in [0.1, 0.15) is 26.3 Å². The van der Waals surface area contributed by atoms with E-state index in [1.807, 2.05) is 0 Å². The molecule has 0 atom stereocenters. The quantitative estimate of drug-likeness (QED) is 0.907. The van der Waals surface area contributed by atoms with Crippen LogP contribution in [0.15, 0.2) is 36.4 Å². The van der Waals surface area contributed by atoms with Gasteiger partial charge in [-0.25, -0.2) is 9.18 Å². The number of hydrogen-bond acceptors (Lipinski definition) is 2. The van der Waals surface area contributed by atoms with Crippen molar-refractivity contribution in [2.24, 2.45) is 0 Å². The lowest BCUT2D eigenvalue weighted by Crippen LogP contribution is -2.13. The number of carbonyl (C=O) groups is 2. The Morgan fingerprint density at radius 2 is 1.81 bits per heavy atom. The van der Waals surface area contributed by atoms with E-state index in [0.29, 0.717) is 11.3 Å². The standard InChI is InChI=1S/C15H11ClFNO3/c1-8-2-3-10(15(20)21)7-13(8)18-14(19)9-4-5-12(17)11(16)6-9/h2-7H,1H3,(H,18,19)(H,20,21). The van der Waals surface area contributed by atoms with Gasteiger partial charge in [0.25, 0.3) is 5.91 Å². The minimum absolute atomic E-state index is 0.0630. The summed E-state index contributed by atoms with van der Waals surface area (Å²) in [7, 11) is 0. The molecule has 4 nitrogen and oxygen atoms in total. The Bertz CT molecular complexity index is 731. The van der Waals surface area contributed by atoms with Gasteiger partial charge in [0.05, 0.1) is 10.6 Å². The normalized spacial score (nSPS) is 10.2. The molecule has 1 amide bonds. The summed E-state index contributed by atoms with van der Waals surface area (Å²) >= 11 is 5.63. The van der Waals surface area contributed by atoms with Crippen molar-refractivity contribution in [2.45, 2.75) is 6.92 Å². The fraction of sp³-hybridized carbons (Fsp3) is 0.0667. The first kappa shape index (κ1) is 15.0. The maximum absolute atomic E-state index is 13.1. The van der Waals surface area contributed by atoms with Crippen molar-refractivity contribution >= 4 is 29.2 Å². The summed E-state index contributed by atoms with van der Waals surface area (Å²) in [6.07, 6.45) is 0. The zero-order valence-electron chi connectivity index (χ0n) is 11.0. The number of anilines is 1. The molecule has 0 aliphatic heterocycles. The van der Waals surface area contributed by atoms with Gasteiger partial charge < -0.3 is 10.4 Å². The summed E-state index contributed by atoms with van der Waals surface area (Å²) in [4.78, 5) is 23.0. The Balaban J connectivity index is 2.28. The zero-order valence-corrected chi connectivity index (χ0v) is 11.7. The van der Waals surface area contributed by atoms with Crippen molar-refractivity contribution in [3.05, 3.63) is 63.9 Å². The molecular weight excluding hydrogens is 297 g/mol. The van der Waals surface area contributed by atoms with Crippen LogP contribution in [0.5, 0.6) is 0 Å². The van der Waals surface area contributed by atoms with Gasteiger partial charge in [0.1, 0.15) is 5.82 Å². The van der Waals surface area contributed by atoms with E-state index in [1.54, 1.807) is 13.0 Å². The Kier molecular flexibility index (Phi) is 4.23. The van der Waals surface area contributed by atoms with Crippen LogP contribution in [0.4, 0.5) is 10.1 Å². The molecule has 0 spiro atoms. The Morgan fingerprint density at radius 3 is 2.43 bits per heavy atom. The van der Waals surface area contributed by atoms with E-state index in [2.05, 4.69) is 5.32 Å². The third-order valence-corrected chi connectivity index (χ3v) is 3.20. The molecule has 0 heterocycles. The molecule has 2 aromatic rings. The van der Waals surface area contributed by atoms with Gasteiger partial charge in [0.2, 0.25) is 0 Å². The predicted octanol–water partition coefficient (Wildman–Crippen LogP) is 3.74. The summed E-state index contributed by atoms with van der Waals surface area (Å²) in [5.41, 5.74) is 1.33. The highest BCUT2D eigenvalue weighted by molar-refractivity contribution is 6.31. The van der Waals surface area contributed by atoms with Crippen LogP contribution in [-0.2, 0) is 0 Å². The van der Waals surface area contributed by atoms with E-state index in [9.17, 15) is 14.0 Å². The number of aromatic carboxylic acids is 1. The van der Waals surface area contributed by atoms with Crippen molar-refractivity contribution in [3.63, 3.8) is 0 Å². The van der Waals surface area contributed by atoms with E-state index < -0.39 is 17.7 Å². The van der Waals surface area contributed by atoms with Gasteiger partial charge in [-0.15, -0.1) is 0 Å². The SMILES string of the molecule is Cc1ccc(C(=O)O)cc1NC(=O)c1ccc(F)c(Cl)c1. The Hall–Kier alpha value is -2.40. The van der Waals surface area contributed by atoms with Crippen molar-refractivity contribution in [1.82, 2.24) is 0 Å². The van der Waals surface area contributed by atoms with Crippen LogP contribution in [0, 0.1) is 12.7 Å². The van der Waals surface area contributed by atoms with E-state index in [4.69, 9.17) is 16.7 Å². The van der Waals surface area contributed by atoms with Crippen molar-refractivity contribution in [2.75, 3.05) is 5.32 Å². The van der Waals surface area contributed by atoms with E-state index >= 15 is 0 Å². The minimum atomic E-state index is -1.09. The van der Waals surface area contributed by atoms with Gasteiger partial charge in [0, 0.05) is 11.3 Å². The van der Waals surface area contributed by atoms with E-state index in [-0.39, 0.29) is 16.1 Å². The monoisotopic (exact) mass is 307 g/mol.